The molecule has 0 saturated carbocycles. The molecule has 0 saturated heterocycles. The number of nitrogens with zero attached hydrogens (tertiary/aromatic N) is 1. The molecule has 0 aliphatic heterocycles. The maximum absolute atomic E-state index is 12.0. The fourth-order valence-corrected chi connectivity index (χ4v) is 2.01. The Morgan fingerprint density at radius 3 is 2.58 bits per heavy atom. The Labute approximate surface area is 140 Å². The fourth-order valence-electron chi connectivity index (χ4n) is 2.01. The molecule has 24 heavy (non-hydrogen) atoms. The van der Waals surface area contributed by atoms with Crippen LogP contribution in [-0.4, -0.2) is 25.5 Å². The van der Waals surface area contributed by atoms with E-state index in [1.54, 1.807) is 48.5 Å². The summed E-state index contributed by atoms with van der Waals surface area (Å²) in [6.45, 7) is 0.220. The minimum absolute atomic E-state index is 0.149. The van der Waals surface area contributed by atoms with E-state index in [1.165, 1.54) is 7.11 Å². The van der Waals surface area contributed by atoms with Crippen LogP contribution in [0.15, 0.2) is 48.5 Å². The van der Waals surface area contributed by atoms with Crippen molar-refractivity contribution in [2.75, 3.05) is 19.0 Å². The molecule has 0 aliphatic rings. The van der Waals surface area contributed by atoms with Crippen LogP contribution in [-0.2, 0) is 4.79 Å². The minimum Gasteiger partial charge on any atom is -0.497 e. The maximum atomic E-state index is 12.0. The van der Waals surface area contributed by atoms with Crippen molar-refractivity contribution in [2.45, 2.75) is 6.42 Å². The molecular weight excluding hydrogens is 306 g/mol. The number of ether oxygens (including phenoxy) is 1. The van der Waals surface area contributed by atoms with Gasteiger partial charge in [-0.2, -0.15) is 5.26 Å². The number of hydrogen-bond donors (Lipinski definition) is 2. The third kappa shape index (κ3) is 4.85. The van der Waals surface area contributed by atoms with Crippen molar-refractivity contribution in [3.63, 3.8) is 0 Å². The molecule has 6 heteroatoms. The van der Waals surface area contributed by atoms with Crippen LogP contribution in [0.5, 0.6) is 5.75 Å². The molecule has 2 rings (SSSR count). The molecule has 0 spiro atoms. The Balaban J connectivity index is 1.79. The van der Waals surface area contributed by atoms with Gasteiger partial charge in [0.1, 0.15) is 5.75 Å². The predicted molar refractivity (Wildman–Crippen MR) is 89.7 cm³/mol. The molecule has 0 heterocycles. The van der Waals surface area contributed by atoms with Gasteiger partial charge >= 0.3 is 0 Å². The summed E-state index contributed by atoms with van der Waals surface area (Å²) in [5, 5.41) is 14.1. The van der Waals surface area contributed by atoms with Crippen LogP contribution in [0.1, 0.15) is 22.3 Å². The van der Waals surface area contributed by atoms with Gasteiger partial charge in [0.15, 0.2) is 0 Å². The Morgan fingerprint density at radius 1 is 1.17 bits per heavy atom. The van der Waals surface area contributed by atoms with Gasteiger partial charge in [0.05, 0.1) is 18.7 Å². The van der Waals surface area contributed by atoms with Gasteiger partial charge in [0.2, 0.25) is 5.91 Å². The number of carbonyl (C=O) groups is 2. The van der Waals surface area contributed by atoms with Crippen LogP contribution in [0, 0.1) is 11.3 Å². The number of nitrogens with one attached hydrogen (secondary N) is 2. The van der Waals surface area contributed by atoms with Crippen molar-refractivity contribution in [3.8, 4) is 11.8 Å². The van der Waals surface area contributed by atoms with Gasteiger partial charge in [-0.1, -0.05) is 6.07 Å². The molecular formula is C18H17N3O3. The lowest BCUT2D eigenvalue weighted by Gasteiger charge is -2.08. The molecule has 0 bridgehead atoms. The fraction of sp³-hybridized carbons (Fsp3) is 0.167. The van der Waals surface area contributed by atoms with E-state index < -0.39 is 0 Å². The average molecular weight is 323 g/mol. The smallest absolute Gasteiger partial charge is 0.251 e. The molecule has 0 aliphatic carbocycles. The van der Waals surface area contributed by atoms with Gasteiger partial charge in [-0.25, -0.2) is 0 Å². The van der Waals surface area contributed by atoms with Crippen LogP contribution in [0.2, 0.25) is 0 Å². The molecule has 0 atom stereocenters. The van der Waals surface area contributed by atoms with Crippen molar-refractivity contribution in [1.82, 2.24) is 5.32 Å². The minimum atomic E-state index is -0.264. The van der Waals surface area contributed by atoms with Crippen LogP contribution < -0.4 is 15.4 Å². The number of methoxy groups -OCH3 is 1. The normalized spacial score (nSPS) is 9.67. The number of benzene rings is 2. The first-order chi connectivity index (χ1) is 11.6. The standard InChI is InChI=1S/C18H17N3O3/c1-24-16-4-2-3-14(11-16)18(23)20-10-9-17(22)21-15-7-5-13(12-19)6-8-15/h2-8,11H,9-10H2,1H3,(H,20,23)(H,21,22). The highest BCUT2D eigenvalue weighted by Gasteiger charge is 2.08. The third-order valence-corrected chi connectivity index (χ3v) is 3.27. The van der Waals surface area contributed by atoms with E-state index in [1.807, 2.05) is 6.07 Å². The number of anilines is 1. The zero-order valence-electron chi connectivity index (χ0n) is 13.2. The lowest BCUT2D eigenvalue weighted by Crippen LogP contribution is -2.27. The Kier molecular flexibility index (Phi) is 5.92. The van der Waals surface area contributed by atoms with Gasteiger partial charge in [-0.15, -0.1) is 0 Å². The number of nitriles is 1. The summed E-state index contributed by atoms with van der Waals surface area (Å²) >= 11 is 0. The summed E-state index contributed by atoms with van der Waals surface area (Å²) in [4.78, 5) is 23.8. The maximum Gasteiger partial charge on any atom is 0.251 e. The Morgan fingerprint density at radius 2 is 1.92 bits per heavy atom. The Bertz CT molecular complexity index is 764. The second-order valence-corrected chi connectivity index (χ2v) is 4.98. The molecule has 0 unspecified atom stereocenters. The van der Waals surface area contributed by atoms with Crippen molar-refractivity contribution in [1.29, 1.82) is 5.26 Å². The van der Waals surface area contributed by atoms with E-state index >= 15 is 0 Å². The van der Waals surface area contributed by atoms with Crippen LogP contribution in [0.3, 0.4) is 0 Å². The first kappa shape index (κ1) is 17.0. The number of hydrogen-bond acceptors (Lipinski definition) is 4. The van der Waals surface area contributed by atoms with E-state index in [-0.39, 0.29) is 24.8 Å². The summed E-state index contributed by atoms with van der Waals surface area (Å²) in [7, 11) is 1.53. The number of carbonyl (C=O) groups excluding carboxylic acids is 2. The van der Waals surface area contributed by atoms with Gasteiger partial charge < -0.3 is 15.4 Å². The topological polar surface area (TPSA) is 91.2 Å². The van der Waals surface area contributed by atoms with Gasteiger partial charge in [0.25, 0.3) is 5.91 Å². The molecule has 122 valence electrons. The van der Waals surface area contributed by atoms with Gasteiger partial charge in [-0.3, -0.25) is 9.59 Å². The first-order valence-corrected chi connectivity index (χ1v) is 7.34. The summed E-state index contributed by atoms with van der Waals surface area (Å²) < 4.78 is 5.07. The highest BCUT2D eigenvalue weighted by Crippen LogP contribution is 2.12. The summed E-state index contributed by atoms with van der Waals surface area (Å²) in [6, 6.07) is 15.4. The summed E-state index contributed by atoms with van der Waals surface area (Å²) in [6.07, 6.45) is 0.149. The molecule has 0 radical (unpaired) electrons. The average Bonchev–Trinajstić information content (AvgIpc) is 2.62. The van der Waals surface area contributed by atoms with Crippen LogP contribution in [0.4, 0.5) is 5.69 Å². The summed E-state index contributed by atoms with van der Waals surface area (Å²) in [5.74, 6) is 0.118. The predicted octanol–water partition coefficient (Wildman–Crippen LogP) is 2.33. The quantitative estimate of drug-likeness (QED) is 0.853. The highest BCUT2D eigenvalue weighted by atomic mass is 16.5. The Hall–Kier alpha value is -3.33. The third-order valence-electron chi connectivity index (χ3n) is 3.27. The van der Waals surface area contributed by atoms with Crippen LogP contribution in [0.25, 0.3) is 0 Å². The van der Waals surface area contributed by atoms with Crippen molar-refractivity contribution in [3.05, 3.63) is 59.7 Å². The molecule has 2 aromatic carbocycles. The monoisotopic (exact) mass is 323 g/mol. The van der Waals surface area contributed by atoms with E-state index in [4.69, 9.17) is 10.00 Å². The number of rotatable bonds is 6. The van der Waals surface area contributed by atoms with Gasteiger partial charge in [0, 0.05) is 24.2 Å². The highest BCUT2D eigenvalue weighted by molar-refractivity contribution is 5.95. The van der Waals surface area contributed by atoms with E-state index in [0.717, 1.165) is 0 Å². The van der Waals surface area contributed by atoms with Gasteiger partial charge in [-0.05, 0) is 42.5 Å². The zero-order valence-corrected chi connectivity index (χ0v) is 13.2. The van der Waals surface area contributed by atoms with Crippen LogP contribution >= 0.6 is 0 Å². The van der Waals surface area contributed by atoms with E-state index in [0.29, 0.717) is 22.6 Å². The second-order valence-electron chi connectivity index (χ2n) is 4.98. The van der Waals surface area contributed by atoms with Crippen molar-refractivity contribution in [2.24, 2.45) is 0 Å². The lowest BCUT2D eigenvalue weighted by atomic mass is 10.2. The first-order valence-electron chi connectivity index (χ1n) is 7.34. The van der Waals surface area contributed by atoms with E-state index in [2.05, 4.69) is 10.6 Å². The molecule has 2 aromatic rings. The number of amides is 2. The molecule has 0 fully saturated rings. The second kappa shape index (κ2) is 8.34. The largest absolute Gasteiger partial charge is 0.497 e. The molecule has 2 amide bonds. The SMILES string of the molecule is COc1cccc(C(=O)NCCC(=O)Nc2ccc(C#N)cc2)c1. The van der Waals surface area contributed by atoms with E-state index in [9.17, 15) is 9.59 Å². The van der Waals surface area contributed by atoms with Crippen molar-refractivity contribution < 1.29 is 14.3 Å². The molecule has 6 nitrogen and oxygen atoms in total. The molecule has 0 aromatic heterocycles. The lowest BCUT2D eigenvalue weighted by molar-refractivity contribution is -0.116. The van der Waals surface area contributed by atoms with Crippen molar-refractivity contribution >= 4 is 17.5 Å². The summed E-state index contributed by atoms with van der Waals surface area (Å²) in [5.41, 5.74) is 1.61. The zero-order chi connectivity index (χ0) is 17.4. The molecule has 2 N–H and O–H groups in total.